The summed E-state index contributed by atoms with van der Waals surface area (Å²) in [6.07, 6.45) is -4.34. The molecule has 0 aromatic heterocycles. The van der Waals surface area contributed by atoms with Crippen LogP contribution in [0.4, 0.5) is 13.2 Å². The molecule has 13 heteroatoms. The van der Waals surface area contributed by atoms with Gasteiger partial charge in [0.1, 0.15) is 30.4 Å². The second-order valence-corrected chi connectivity index (χ2v) is 18.3. The first-order valence-corrected chi connectivity index (χ1v) is 18.2. The summed E-state index contributed by atoms with van der Waals surface area (Å²) in [5.41, 5.74) is 3.65. The molecule has 0 spiro atoms. The van der Waals surface area contributed by atoms with Crippen LogP contribution in [0.1, 0.15) is 59.1 Å². The Hall–Kier alpha value is -1.39. The topological polar surface area (TPSA) is 95.5 Å². The quantitative estimate of drug-likeness (QED) is 0.214. The predicted octanol–water partition coefficient (Wildman–Crippen LogP) is 6.38. The minimum absolute atomic E-state index is 0. The first-order valence-electron chi connectivity index (χ1n) is 16.1. The molecule has 2 aromatic carbocycles. The molecule has 0 saturated carbocycles. The molecule has 4 rings (SSSR count). The van der Waals surface area contributed by atoms with Crippen molar-refractivity contribution in [1.29, 1.82) is 0 Å². The molecule has 0 unspecified atom stereocenters. The van der Waals surface area contributed by atoms with Gasteiger partial charge in [0.05, 0.1) is 25.9 Å². The molecule has 264 valence electrons. The molecule has 8 nitrogen and oxygen atoms in total. The summed E-state index contributed by atoms with van der Waals surface area (Å²) in [4.78, 5) is 8.78. The maximum Gasteiger partial charge on any atom is 1.00 e. The molecular formula is C35H49F3HgO8Si. The summed E-state index contributed by atoms with van der Waals surface area (Å²) in [5.74, 6) is -3.01. The van der Waals surface area contributed by atoms with Gasteiger partial charge in [-0.2, -0.15) is 13.2 Å². The van der Waals surface area contributed by atoms with Crippen LogP contribution in [0, 0.1) is 6.42 Å². The van der Waals surface area contributed by atoms with Crippen molar-refractivity contribution < 1.29 is 78.9 Å². The Morgan fingerprint density at radius 2 is 1.31 bits per heavy atom. The Balaban J connectivity index is 0.000000902. The average Bonchev–Trinajstić information content (AvgIpc) is 3.03. The maximum atomic E-state index is 10.5. The summed E-state index contributed by atoms with van der Waals surface area (Å²) in [6.45, 7) is 15.3. The zero-order valence-corrected chi connectivity index (χ0v) is 35.5. The third kappa shape index (κ3) is 11.6. The molecule has 6 atom stereocenters. The zero-order chi connectivity index (χ0) is 34.8. The van der Waals surface area contributed by atoms with Gasteiger partial charge >= 0.3 is 33.8 Å². The van der Waals surface area contributed by atoms with Crippen LogP contribution in [-0.4, -0.2) is 71.0 Å². The number of fused-ring (bicyclic) bond motifs is 1. The van der Waals surface area contributed by atoms with Crippen LogP contribution in [0.3, 0.4) is 0 Å². The summed E-state index contributed by atoms with van der Waals surface area (Å²) < 4.78 is 70.8. The Labute approximate surface area is 304 Å². The van der Waals surface area contributed by atoms with Gasteiger partial charge in [-0.25, -0.2) is 0 Å². The molecular weight excluding hydrogens is 834 g/mol. The van der Waals surface area contributed by atoms with Crippen LogP contribution in [-0.2, 0) is 73.8 Å². The van der Waals surface area contributed by atoms with Crippen molar-refractivity contribution in [2.24, 2.45) is 0 Å². The number of alkyl halides is 3. The number of ether oxygens (including phenoxy) is 5. The van der Waals surface area contributed by atoms with Crippen LogP contribution in [0.15, 0.2) is 60.7 Å². The first kappa shape index (κ1) is 42.8. The van der Waals surface area contributed by atoms with Gasteiger partial charge in [0.25, 0.3) is 0 Å². The minimum Gasteiger partial charge on any atom is -0.542 e. The van der Waals surface area contributed by atoms with Crippen LogP contribution >= 0.6 is 0 Å². The average molecular weight is 883 g/mol. The van der Waals surface area contributed by atoms with E-state index in [1.54, 1.807) is 7.11 Å². The molecule has 48 heavy (non-hydrogen) atoms. The number of hydrogen-bond acceptors (Lipinski definition) is 8. The summed E-state index contributed by atoms with van der Waals surface area (Å²) in [6, 6.07) is 20.5. The van der Waals surface area contributed by atoms with E-state index in [-0.39, 0.29) is 58.2 Å². The molecule has 0 amide bonds. The fraction of sp³-hybridized carbons (Fsp3) is 0.600. The van der Waals surface area contributed by atoms with Gasteiger partial charge in [0, 0.05) is 13.5 Å². The summed E-state index contributed by atoms with van der Waals surface area (Å²) >= 11 is 0. The van der Waals surface area contributed by atoms with Gasteiger partial charge in [-0.05, 0) is 34.2 Å². The number of carboxylic acids is 1. The van der Waals surface area contributed by atoms with E-state index in [1.807, 2.05) is 42.8 Å². The predicted molar refractivity (Wildman–Crippen MR) is 171 cm³/mol. The van der Waals surface area contributed by atoms with Gasteiger partial charge in [0.2, 0.25) is 0 Å². The molecule has 0 bridgehead atoms. The van der Waals surface area contributed by atoms with Gasteiger partial charge in [-0.1, -0.05) is 102 Å². The molecule has 0 aliphatic carbocycles. The zero-order valence-electron chi connectivity index (χ0n) is 29.0. The third-order valence-corrected chi connectivity index (χ3v) is 14.9. The third-order valence-electron chi connectivity index (χ3n) is 8.82. The second-order valence-electron chi connectivity index (χ2n) is 12.8. The van der Waals surface area contributed by atoms with Crippen molar-refractivity contribution in [2.75, 3.05) is 13.7 Å². The van der Waals surface area contributed by atoms with E-state index in [0.29, 0.717) is 36.4 Å². The van der Waals surface area contributed by atoms with Crippen molar-refractivity contribution in [2.45, 2.75) is 121 Å². The first-order chi connectivity index (χ1) is 22.2. The van der Waals surface area contributed by atoms with E-state index in [4.69, 9.17) is 38.0 Å². The molecule has 0 N–H and O–H groups in total. The minimum atomic E-state index is -5.19. The molecule has 2 aliphatic rings. The molecule has 2 heterocycles. The number of carbonyl (C=O) groups excluding carboxylic acids is 1. The van der Waals surface area contributed by atoms with Crippen LogP contribution in [0.2, 0.25) is 16.6 Å². The van der Waals surface area contributed by atoms with E-state index in [2.05, 4.69) is 65.8 Å². The standard InChI is InChI=1S/C33H49O6Si.C2HF3O2.Hg/c1-23(2)40(24(3)4,25(5)6)37-22-29-31(35-20-26-14-10-8-11-15-26)33(36-21-27-16-12-9-13-17-27)32-28(38-29)18-19-30(34-7)39-32;3-2(4,5)1(6)7;/h8-17,19,23-25,28-33H,18,20-22H2,1-7H3;(H,6,7);/q;;+1/p-1/t28-,29+,30-,31+,32-,33-;;/m0../s1. The van der Waals surface area contributed by atoms with Crippen LogP contribution in [0.5, 0.6) is 0 Å². The van der Waals surface area contributed by atoms with Gasteiger partial charge < -0.3 is 38.0 Å². The van der Waals surface area contributed by atoms with E-state index in [1.165, 1.54) is 0 Å². The monoisotopic (exact) mass is 884 g/mol. The van der Waals surface area contributed by atoms with E-state index < -0.39 is 26.8 Å². The SMILES string of the molecule is CO[C@@H]1[CH]C[C@@H]2O[C@H](CO[Si](C(C)C)(C(C)C)C(C)C)[C@@H](OCc3ccccc3)[C@H](OCc3ccccc3)[C@H]2O1.O=C([O-])C(F)(F)F.[Hg+]. The van der Waals surface area contributed by atoms with Crippen molar-refractivity contribution in [3.63, 3.8) is 0 Å². The number of methoxy groups -OCH3 is 1. The van der Waals surface area contributed by atoms with Crippen molar-refractivity contribution in [3.8, 4) is 0 Å². The number of hydrogen-bond donors (Lipinski definition) is 0. The number of rotatable bonds is 13. The second kappa shape index (κ2) is 19.9. The Morgan fingerprint density at radius 3 is 1.73 bits per heavy atom. The number of benzene rings is 2. The smallest absolute Gasteiger partial charge is 0.542 e. The summed E-state index contributed by atoms with van der Waals surface area (Å²) in [7, 11) is -0.451. The normalized spacial score (nSPS) is 24.4. The number of carbonyl (C=O) groups is 1. The van der Waals surface area contributed by atoms with Crippen molar-refractivity contribution in [1.82, 2.24) is 0 Å². The number of halogens is 3. The van der Waals surface area contributed by atoms with Crippen LogP contribution < -0.4 is 5.11 Å². The van der Waals surface area contributed by atoms with Crippen molar-refractivity contribution in [3.05, 3.63) is 78.2 Å². The van der Waals surface area contributed by atoms with Crippen molar-refractivity contribution >= 4 is 14.3 Å². The molecule has 2 aromatic rings. The summed E-state index contributed by atoms with van der Waals surface area (Å²) in [5, 5.41) is 8.78. The van der Waals surface area contributed by atoms with Gasteiger partial charge in [-0.15, -0.1) is 0 Å². The molecule has 2 fully saturated rings. The van der Waals surface area contributed by atoms with Gasteiger partial charge in [0.15, 0.2) is 14.6 Å². The fourth-order valence-electron chi connectivity index (χ4n) is 6.74. The van der Waals surface area contributed by atoms with Crippen LogP contribution in [0.25, 0.3) is 0 Å². The van der Waals surface area contributed by atoms with E-state index in [0.717, 1.165) is 17.5 Å². The maximum absolute atomic E-state index is 10.5. The van der Waals surface area contributed by atoms with E-state index in [9.17, 15) is 13.2 Å². The number of aliphatic carboxylic acids is 1. The molecule has 2 saturated heterocycles. The van der Waals surface area contributed by atoms with Gasteiger partial charge in [-0.3, -0.25) is 0 Å². The fourth-order valence-corrected chi connectivity index (χ4v) is 12.2. The molecule has 2 aliphatic heterocycles. The van der Waals surface area contributed by atoms with E-state index >= 15 is 0 Å². The largest absolute Gasteiger partial charge is 1.00 e. The Kier molecular flexibility index (Phi) is 17.7. The Morgan fingerprint density at radius 1 is 0.854 bits per heavy atom. The molecule has 2 radical (unpaired) electrons. The Bertz CT molecular complexity index is 1180. The number of carboxylic acid groups (broad SMARTS) is 1.